The summed E-state index contributed by atoms with van der Waals surface area (Å²) in [6.45, 7) is 6.88. The maximum Gasteiger partial charge on any atom is 0.0221 e. The zero-order valence-corrected chi connectivity index (χ0v) is 13.9. The first kappa shape index (κ1) is 14.5. The van der Waals surface area contributed by atoms with Gasteiger partial charge in [-0.15, -0.1) is 0 Å². The highest BCUT2D eigenvalue weighted by atomic mass is 79.9. The molecule has 1 aromatic carbocycles. The first-order chi connectivity index (χ1) is 8.65. The molecule has 0 aliphatic carbocycles. The van der Waals surface area contributed by atoms with E-state index in [9.17, 15) is 0 Å². The molecule has 1 saturated heterocycles. The van der Waals surface area contributed by atoms with Crippen molar-refractivity contribution < 1.29 is 0 Å². The van der Waals surface area contributed by atoms with E-state index in [4.69, 9.17) is 0 Å². The molecule has 1 atom stereocenters. The van der Waals surface area contributed by atoms with Gasteiger partial charge in [0.1, 0.15) is 0 Å². The van der Waals surface area contributed by atoms with E-state index in [0.29, 0.717) is 6.04 Å². The maximum absolute atomic E-state index is 3.60. The van der Waals surface area contributed by atoms with Gasteiger partial charge in [-0.3, -0.25) is 0 Å². The fraction of sp³-hybridized carbons (Fsp3) is 0.571. The molecule has 1 aliphatic heterocycles. The maximum atomic E-state index is 3.60. The quantitative estimate of drug-likeness (QED) is 0.842. The van der Waals surface area contributed by atoms with E-state index in [-0.39, 0.29) is 0 Å². The smallest absolute Gasteiger partial charge is 0.0221 e. The zero-order chi connectivity index (χ0) is 13.0. The van der Waals surface area contributed by atoms with E-state index in [1.165, 1.54) is 36.0 Å². The molecule has 1 heterocycles. The van der Waals surface area contributed by atoms with Gasteiger partial charge in [-0.2, -0.15) is 0 Å². The highest BCUT2D eigenvalue weighted by Gasteiger charge is 2.14. The molecular formula is C14H20Br2N2. The van der Waals surface area contributed by atoms with Gasteiger partial charge < -0.3 is 10.2 Å². The van der Waals surface area contributed by atoms with Gasteiger partial charge in [0, 0.05) is 28.1 Å². The van der Waals surface area contributed by atoms with Crippen LogP contribution in [0.2, 0.25) is 0 Å². The number of hydrogen-bond acceptors (Lipinski definition) is 2. The molecule has 18 heavy (non-hydrogen) atoms. The molecule has 2 rings (SSSR count). The highest BCUT2D eigenvalue weighted by molar-refractivity contribution is 9.11. The van der Waals surface area contributed by atoms with Crippen molar-refractivity contribution in [2.45, 2.75) is 32.4 Å². The molecule has 0 aromatic heterocycles. The number of nitrogens with one attached hydrogen (secondary N) is 1. The molecule has 1 N–H and O–H groups in total. The number of likely N-dealkylation sites (tertiary alicyclic amines) is 1. The van der Waals surface area contributed by atoms with E-state index in [1.54, 1.807) is 0 Å². The molecule has 0 saturated carbocycles. The molecule has 100 valence electrons. The second-order valence-corrected chi connectivity index (χ2v) is 6.80. The molecule has 1 aromatic rings. The Bertz CT molecular complexity index is 389. The second kappa shape index (κ2) is 7.04. The monoisotopic (exact) mass is 374 g/mol. The third-order valence-corrected chi connectivity index (χ3v) is 4.65. The number of hydrogen-bond donors (Lipinski definition) is 1. The lowest BCUT2D eigenvalue weighted by molar-refractivity contribution is 0.298. The summed E-state index contributed by atoms with van der Waals surface area (Å²) in [6.07, 6.45) is 2.73. The second-order valence-electron chi connectivity index (χ2n) is 5.03. The van der Waals surface area contributed by atoms with Crippen molar-refractivity contribution >= 4 is 31.9 Å². The topological polar surface area (TPSA) is 15.3 Å². The van der Waals surface area contributed by atoms with Crippen LogP contribution in [0.15, 0.2) is 27.1 Å². The van der Waals surface area contributed by atoms with Crippen molar-refractivity contribution in [2.24, 2.45) is 0 Å². The molecule has 0 bridgehead atoms. The summed E-state index contributed by atoms with van der Waals surface area (Å²) in [5.41, 5.74) is 1.30. The lowest BCUT2D eigenvalue weighted by Gasteiger charge is -2.21. The van der Waals surface area contributed by atoms with Crippen LogP contribution in [0.25, 0.3) is 0 Å². The van der Waals surface area contributed by atoms with Gasteiger partial charge >= 0.3 is 0 Å². The van der Waals surface area contributed by atoms with Crippen LogP contribution in [0.4, 0.5) is 0 Å². The molecule has 1 aliphatic rings. The Morgan fingerprint density at radius 2 is 2.00 bits per heavy atom. The largest absolute Gasteiger partial charge is 0.309 e. The Morgan fingerprint density at radius 1 is 1.28 bits per heavy atom. The lowest BCUT2D eigenvalue weighted by atomic mass is 10.2. The van der Waals surface area contributed by atoms with Crippen molar-refractivity contribution in [3.8, 4) is 0 Å². The number of halogens is 2. The van der Waals surface area contributed by atoms with E-state index in [1.807, 2.05) is 0 Å². The van der Waals surface area contributed by atoms with Gasteiger partial charge in [0.15, 0.2) is 0 Å². The van der Waals surface area contributed by atoms with Crippen molar-refractivity contribution in [2.75, 3.05) is 19.6 Å². The summed E-state index contributed by atoms with van der Waals surface area (Å²) in [5, 5.41) is 3.60. The van der Waals surface area contributed by atoms with Crippen molar-refractivity contribution in [3.05, 3.63) is 32.7 Å². The number of rotatable bonds is 5. The molecule has 1 fully saturated rings. The molecule has 0 amide bonds. The Hall–Kier alpha value is 0.1000. The summed E-state index contributed by atoms with van der Waals surface area (Å²) < 4.78 is 2.31. The minimum Gasteiger partial charge on any atom is -0.309 e. The minimum atomic E-state index is 0.536. The van der Waals surface area contributed by atoms with Crippen molar-refractivity contribution in [3.63, 3.8) is 0 Å². The SMILES string of the molecule is CC(CN1CCCC1)NCc1cc(Br)ccc1Br. The Kier molecular flexibility index (Phi) is 5.67. The summed E-state index contributed by atoms with van der Waals surface area (Å²) in [5.74, 6) is 0. The van der Waals surface area contributed by atoms with Crippen LogP contribution in [-0.4, -0.2) is 30.6 Å². The molecule has 0 spiro atoms. The van der Waals surface area contributed by atoms with E-state index in [0.717, 1.165) is 17.6 Å². The van der Waals surface area contributed by atoms with Gasteiger partial charge in [-0.25, -0.2) is 0 Å². The highest BCUT2D eigenvalue weighted by Crippen LogP contribution is 2.21. The van der Waals surface area contributed by atoms with Gasteiger partial charge in [0.2, 0.25) is 0 Å². The van der Waals surface area contributed by atoms with Crippen LogP contribution >= 0.6 is 31.9 Å². The van der Waals surface area contributed by atoms with E-state index in [2.05, 4.69) is 67.2 Å². The van der Waals surface area contributed by atoms with Crippen LogP contribution < -0.4 is 5.32 Å². The molecule has 0 radical (unpaired) electrons. The fourth-order valence-electron chi connectivity index (χ4n) is 2.38. The Labute approximate surface area is 126 Å². The summed E-state index contributed by atoms with van der Waals surface area (Å²) in [6, 6.07) is 6.85. The van der Waals surface area contributed by atoms with Crippen LogP contribution in [0.3, 0.4) is 0 Å². The van der Waals surface area contributed by atoms with E-state index >= 15 is 0 Å². The minimum absolute atomic E-state index is 0.536. The first-order valence-corrected chi connectivity index (χ1v) is 8.13. The molecule has 4 heteroatoms. The number of benzene rings is 1. The van der Waals surface area contributed by atoms with Gasteiger partial charge in [0.25, 0.3) is 0 Å². The van der Waals surface area contributed by atoms with Crippen molar-refractivity contribution in [1.82, 2.24) is 10.2 Å². The average Bonchev–Trinajstić information content (AvgIpc) is 2.83. The van der Waals surface area contributed by atoms with Gasteiger partial charge in [0.05, 0.1) is 0 Å². The summed E-state index contributed by atoms with van der Waals surface area (Å²) in [4.78, 5) is 2.55. The predicted molar refractivity (Wildman–Crippen MR) is 83.8 cm³/mol. The summed E-state index contributed by atoms with van der Waals surface area (Å²) >= 11 is 7.11. The van der Waals surface area contributed by atoms with Crippen LogP contribution in [0.1, 0.15) is 25.3 Å². The standard InChI is InChI=1S/C14H20Br2N2/c1-11(10-18-6-2-3-7-18)17-9-12-8-13(15)4-5-14(12)16/h4-5,8,11,17H,2-3,6-7,9-10H2,1H3. The first-order valence-electron chi connectivity index (χ1n) is 6.55. The normalized spacial score (nSPS) is 18.2. The third-order valence-electron chi connectivity index (χ3n) is 3.38. The zero-order valence-electron chi connectivity index (χ0n) is 10.8. The average molecular weight is 376 g/mol. The number of nitrogens with zero attached hydrogens (tertiary/aromatic N) is 1. The molecule has 2 nitrogen and oxygen atoms in total. The third kappa shape index (κ3) is 4.34. The van der Waals surface area contributed by atoms with Crippen LogP contribution in [-0.2, 0) is 6.54 Å². The van der Waals surface area contributed by atoms with Crippen molar-refractivity contribution in [1.29, 1.82) is 0 Å². The predicted octanol–water partition coefficient (Wildman–Crippen LogP) is 3.79. The fourth-order valence-corrected chi connectivity index (χ4v) is 3.18. The van der Waals surface area contributed by atoms with Gasteiger partial charge in [-0.1, -0.05) is 31.9 Å². The van der Waals surface area contributed by atoms with Crippen LogP contribution in [0, 0.1) is 0 Å². The summed E-state index contributed by atoms with van der Waals surface area (Å²) in [7, 11) is 0. The molecule has 1 unspecified atom stereocenters. The Balaban J connectivity index is 1.81. The van der Waals surface area contributed by atoms with Gasteiger partial charge in [-0.05, 0) is 56.6 Å². The van der Waals surface area contributed by atoms with Crippen LogP contribution in [0.5, 0.6) is 0 Å². The Morgan fingerprint density at radius 3 is 2.72 bits per heavy atom. The van der Waals surface area contributed by atoms with E-state index < -0.39 is 0 Å². The lowest BCUT2D eigenvalue weighted by Crippen LogP contribution is -2.37. The molecular weight excluding hydrogens is 356 g/mol.